The number of aromatic nitrogens is 2. The van der Waals surface area contributed by atoms with E-state index in [2.05, 4.69) is 40.7 Å². The highest BCUT2D eigenvalue weighted by atomic mass is 15.2. The van der Waals surface area contributed by atoms with E-state index < -0.39 is 0 Å². The van der Waals surface area contributed by atoms with Crippen LogP contribution in [0.1, 0.15) is 32.5 Å². The van der Waals surface area contributed by atoms with Crippen molar-refractivity contribution in [2.75, 3.05) is 19.6 Å². The molecule has 0 radical (unpaired) electrons. The molecule has 1 aliphatic heterocycles. The van der Waals surface area contributed by atoms with Gasteiger partial charge in [-0.05, 0) is 26.3 Å². The van der Waals surface area contributed by atoms with Gasteiger partial charge in [0.15, 0.2) is 0 Å². The molecule has 0 bridgehead atoms. The second-order valence-electron chi connectivity index (χ2n) is 5.40. The van der Waals surface area contributed by atoms with Crippen LogP contribution in [0.15, 0.2) is 12.4 Å². The van der Waals surface area contributed by atoms with E-state index >= 15 is 0 Å². The number of aryl methyl sites for hydroxylation is 1. The van der Waals surface area contributed by atoms with E-state index in [1.54, 1.807) is 0 Å². The lowest BCUT2D eigenvalue weighted by Crippen LogP contribution is -2.40. The summed E-state index contributed by atoms with van der Waals surface area (Å²) in [4.78, 5) is 7.02. The van der Waals surface area contributed by atoms with Gasteiger partial charge < -0.3 is 9.88 Å². The van der Waals surface area contributed by atoms with Gasteiger partial charge >= 0.3 is 0 Å². The van der Waals surface area contributed by atoms with Gasteiger partial charge in [-0.25, -0.2) is 4.98 Å². The van der Waals surface area contributed by atoms with Gasteiger partial charge in [0, 0.05) is 51.0 Å². The molecule has 2 heterocycles. The van der Waals surface area contributed by atoms with Crippen molar-refractivity contribution in [2.24, 2.45) is 7.05 Å². The summed E-state index contributed by atoms with van der Waals surface area (Å²) in [5.41, 5.74) is 0. The average molecular weight is 250 g/mol. The predicted octanol–water partition coefficient (Wildman–Crippen LogP) is 1.42. The summed E-state index contributed by atoms with van der Waals surface area (Å²) in [5.74, 6) is 1.19. The molecular formula is C14H26N4. The first-order valence-corrected chi connectivity index (χ1v) is 7.14. The Bertz CT molecular complexity index is 360. The molecule has 0 spiro atoms. The largest absolute Gasteiger partial charge is 0.338 e. The summed E-state index contributed by atoms with van der Waals surface area (Å²) in [6.07, 6.45) is 7.42. The maximum atomic E-state index is 4.41. The lowest BCUT2D eigenvalue weighted by molar-refractivity contribution is 0.204. The minimum absolute atomic E-state index is 0.649. The fourth-order valence-electron chi connectivity index (χ4n) is 2.67. The van der Waals surface area contributed by atoms with Crippen molar-refractivity contribution in [3.63, 3.8) is 0 Å². The Morgan fingerprint density at radius 2 is 2.33 bits per heavy atom. The molecule has 1 aliphatic rings. The monoisotopic (exact) mass is 250 g/mol. The Kier molecular flexibility index (Phi) is 4.78. The van der Waals surface area contributed by atoms with E-state index in [0.717, 1.165) is 19.5 Å². The maximum Gasteiger partial charge on any atom is 0.109 e. The highest BCUT2D eigenvalue weighted by Crippen LogP contribution is 2.11. The van der Waals surface area contributed by atoms with Gasteiger partial charge in [-0.3, -0.25) is 4.90 Å². The fourth-order valence-corrected chi connectivity index (χ4v) is 2.67. The number of rotatable bonds is 4. The van der Waals surface area contributed by atoms with Crippen LogP contribution in [-0.4, -0.2) is 46.2 Å². The van der Waals surface area contributed by atoms with Crippen LogP contribution in [0.5, 0.6) is 0 Å². The summed E-state index contributed by atoms with van der Waals surface area (Å²) in [7, 11) is 2.07. The second kappa shape index (κ2) is 6.34. The van der Waals surface area contributed by atoms with Crippen LogP contribution < -0.4 is 5.32 Å². The van der Waals surface area contributed by atoms with Crippen molar-refractivity contribution in [3.8, 4) is 0 Å². The first-order chi connectivity index (χ1) is 8.70. The molecule has 2 unspecified atom stereocenters. The summed E-state index contributed by atoms with van der Waals surface area (Å²) in [6, 6.07) is 1.32. The topological polar surface area (TPSA) is 33.1 Å². The molecule has 0 amide bonds. The van der Waals surface area contributed by atoms with Gasteiger partial charge in [-0.2, -0.15) is 0 Å². The first kappa shape index (κ1) is 13.6. The molecule has 2 atom stereocenters. The van der Waals surface area contributed by atoms with E-state index in [-0.39, 0.29) is 0 Å². The normalized spacial score (nSPS) is 26.2. The lowest BCUT2D eigenvalue weighted by Gasteiger charge is -2.28. The van der Waals surface area contributed by atoms with E-state index in [9.17, 15) is 0 Å². The van der Waals surface area contributed by atoms with E-state index in [1.165, 1.54) is 25.2 Å². The van der Waals surface area contributed by atoms with Crippen molar-refractivity contribution in [3.05, 3.63) is 18.2 Å². The molecule has 0 aromatic carbocycles. The molecular weight excluding hydrogens is 224 g/mol. The Morgan fingerprint density at radius 3 is 3.00 bits per heavy atom. The SMILES string of the molecule is CCC1CN(CCc2nccn2C)C(C)CCN1. The molecule has 4 heteroatoms. The van der Waals surface area contributed by atoms with Crippen LogP contribution in [0.3, 0.4) is 0 Å². The zero-order valence-corrected chi connectivity index (χ0v) is 11.9. The molecule has 1 saturated heterocycles. The molecule has 1 aromatic heterocycles. The predicted molar refractivity (Wildman–Crippen MR) is 74.6 cm³/mol. The minimum Gasteiger partial charge on any atom is -0.338 e. The highest BCUT2D eigenvalue weighted by Gasteiger charge is 2.21. The molecule has 18 heavy (non-hydrogen) atoms. The lowest BCUT2D eigenvalue weighted by atomic mass is 10.2. The van der Waals surface area contributed by atoms with Crippen LogP contribution in [0.25, 0.3) is 0 Å². The van der Waals surface area contributed by atoms with Crippen LogP contribution >= 0.6 is 0 Å². The third-order valence-corrected chi connectivity index (χ3v) is 4.11. The van der Waals surface area contributed by atoms with Crippen molar-refractivity contribution >= 4 is 0 Å². The fraction of sp³-hybridized carbons (Fsp3) is 0.786. The third-order valence-electron chi connectivity index (χ3n) is 4.11. The van der Waals surface area contributed by atoms with Crippen LogP contribution in [-0.2, 0) is 13.5 Å². The summed E-state index contributed by atoms with van der Waals surface area (Å²) in [5, 5.41) is 3.63. The van der Waals surface area contributed by atoms with E-state index in [1.807, 2.05) is 12.4 Å². The molecule has 4 nitrogen and oxygen atoms in total. The summed E-state index contributed by atoms with van der Waals surface area (Å²) < 4.78 is 2.12. The Hall–Kier alpha value is -0.870. The molecule has 1 fully saturated rings. The molecule has 102 valence electrons. The number of imidazole rings is 1. The van der Waals surface area contributed by atoms with Crippen molar-refractivity contribution < 1.29 is 0 Å². The molecule has 1 N–H and O–H groups in total. The molecule has 0 aliphatic carbocycles. The van der Waals surface area contributed by atoms with Gasteiger partial charge in [0.1, 0.15) is 5.82 Å². The Labute approximate surface area is 110 Å². The van der Waals surface area contributed by atoms with Crippen molar-refractivity contribution in [2.45, 2.75) is 45.2 Å². The number of nitrogens with one attached hydrogen (secondary N) is 1. The summed E-state index contributed by atoms with van der Waals surface area (Å²) in [6.45, 7) is 8.05. The smallest absolute Gasteiger partial charge is 0.109 e. The third kappa shape index (κ3) is 3.33. The average Bonchev–Trinajstić information content (AvgIpc) is 2.68. The highest BCUT2D eigenvalue weighted by molar-refractivity contribution is 4.92. The Morgan fingerprint density at radius 1 is 1.50 bits per heavy atom. The van der Waals surface area contributed by atoms with Crippen LogP contribution in [0, 0.1) is 0 Å². The second-order valence-corrected chi connectivity index (χ2v) is 5.40. The van der Waals surface area contributed by atoms with E-state index in [0.29, 0.717) is 12.1 Å². The van der Waals surface area contributed by atoms with Crippen molar-refractivity contribution in [1.29, 1.82) is 0 Å². The summed E-state index contributed by atoms with van der Waals surface area (Å²) >= 11 is 0. The Balaban J connectivity index is 1.91. The number of hydrogen-bond donors (Lipinski definition) is 1. The first-order valence-electron chi connectivity index (χ1n) is 7.14. The zero-order chi connectivity index (χ0) is 13.0. The molecule has 0 saturated carbocycles. The number of nitrogens with zero attached hydrogens (tertiary/aromatic N) is 3. The quantitative estimate of drug-likeness (QED) is 0.877. The van der Waals surface area contributed by atoms with Gasteiger partial charge in [0.25, 0.3) is 0 Å². The van der Waals surface area contributed by atoms with Crippen LogP contribution in [0.4, 0.5) is 0 Å². The number of hydrogen-bond acceptors (Lipinski definition) is 3. The van der Waals surface area contributed by atoms with E-state index in [4.69, 9.17) is 0 Å². The minimum atomic E-state index is 0.649. The van der Waals surface area contributed by atoms with Gasteiger partial charge in [-0.1, -0.05) is 6.92 Å². The standard InChI is InChI=1S/C14H26N4/c1-4-13-11-18(12(2)5-7-15-13)9-6-14-16-8-10-17(14)3/h8,10,12-13,15H,4-7,9,11H2,1-3H3. The maximum absolute atomic E-state index is 4.41. The van der Waals surface area contributed by atoms with Gasteiger partial charge in [0.2, 0.25) is 0 Å². The zero-order valence-electron chi connectivity index (χ0n) is 11.9. The van der Waals surface area contributed by atoms with Gasteiger partial charge in [0.05, 0.1) is 0 Å². The molecule has 1 aromatic rings. The molecule has 2 rings (SSSR count). The van der Waals surface area contributed by atoms with Crippen LogP contribution in [0.2, 0.25) is 0 Å². The van der Waals surface area contributed by atoms with Crippen molar-refractivity contribution in [1.82, 2.24) is 19.8 Å². The van der Waals surface area contributed by atoms with Gasteiger partial charge in [-0.15, -0.1) is 0 Å².